The molecule has 1 fully saturated rings. The Hall–Kier alpha value is -0.380. The molecule has 2 nitrogen and oxygen atoms in total. The van der Waals surface area contributed by atoms with E-state index in [9.17, 15) is 0 Å². The lowest BCUT2D eigenvalue weighted by Gasteiger charge is -2.33. The minimum Gasteiger partial charge on any atom is -0.369 e. The fourth-order valence-corrected chi connectivity index (χ4v) is 3.32. The third-order valence-corrected chi connectivity index (χ3v) is 4.88. The average Bonchev–Trinajstić information content (AvgIpc) is 2.73. The van der Waals surface area contributed by atoms with Gasteiger partial charge in [0.05, 0.1) is 12.2 Å². The van der Waals surface area contributed by atoms with Gasteiger partial charge in [-0.05, 0) is 43.5 Å². The maximum atomic E-state index is 6.45. The second kappa shape index (κ2) is 8.92. The smallest absolute Gasteiger partial charge is 0.0810 e. The minimum atomic E-state index is 0.0404. The summed E-state index contributed by atoms with van der Waals surface area (Å²) in [4.78, 5) is 0. The van der Waals surface area contributed by atoms with Crippen molar-refractivity contribution in [3.05, 3.63) is 34.3 Å². The maximum absolute atomic E-state index is 6.45. The standard InChI is InChI=1S/C18H28BrNO/c1-2-13-20-15-18(11-5-3-4-6-12-18)21-14-16-7-9-17(19)10-8-16/h7-10,20H,2-6,11-15H2,1H3. The number of nitrogens with one attached hydrogen (secondary N) is 1. The molecule has 0 aromatic heterocycles. The van der Waals surface area contributed by atoms with Crippen molar-refractivity contribution in [3.63, 3.8) is 0 Å². The molecule has 1 N–H and O–H groups in total. The summed E-state index contributed by atoms with van der Waals surface area (Å²) in [6, 6.07) is 8.48. The van der Waals surface area contributed by atoms with Gasteiger partial charge in [0.15, 0.2) is 0 Å². The Kier molecular flexibility index (Phi) is 7.21. The second-order valence-electron chi connectivity index (χ2n) is 6.19. The molecule has 0 atom stereocenters. The van der Waals surface area contributed by atoms with Gasteiger partial charge in [0, 0.05) is 11.0 Å². The van der Waals surface area contributed by atoms with Gasteiger partial charge in [0.1, 0.15) is 0 Å². The Morgan fingerprint density at radius 3 is 2.38 bits per heavy atom. The van der Waals surface area contributed by atoms with Gasteiger partial charge in [0.2, 0.25) is 0 Å². The molecule has 2 rings (SSSR count). The van der Waals surface area contributed by atoms with Crippen molar-refractivity contribution >= 4 is 15.9 Å². The summed E-state index contributed by atoms with van der Waals surface area (Å²) in [6.07, 6.45) is 8.89. The van der Waals surface area contributed by atoms with E-state index in [2.05, 4.69) is 52.4 Å². The summed E-state index contributed by atoms with van der Waals surface area (Å²) in [5, 5.41) is 3.59. The van der Waals surface area contributed by atoms with Gasteiger partial charge in [-0.15, -0.1) is 0 Å². The van der Waals surface area contributed by atoms with Crippen LogP contribution in [0.5, 0.6) is 0 Å². The second-order valence-corrected chi connectivity index (χ2v) is 7.10. The van der Waals surface area contributed by atoms with Gasteiger partial charge in [-0.25, -0.2) is 0 Å². The molecule has 1 aliphatic carbocycles. The first-order chi connectivity index (χ1) is 10.2. The quantitative estimate of drug-likeness (QED) is 0.546. The Morgan fingerprint density at radius 1 is 1.10 bits per heavy atom. The normalized spacial score (nSPS) is 18.4. The Balaban J connectivity index is 1.95. The highest BCUT2D eigenvalue weighted by Gasteiger charge is 2.31. The van der Waals surface area contributed by atoms with Crippen LogP contribution in [-0.4, -0.2) is 18.7 Å². The molecule has 3 heteroatoms. The first-order valence-corrected chi connectivity index (χ1v) is 9.12. The van der Waals surface area contributed by atoms with Gasteiger partial charge in [0.25, 0.3) is 0 Å². The van der Waals surface area contributed by atoms with E-state index in [-0.39, 0.29) is 5.60 Å². The van der Waals surface area contributed by atoms with Crippen LogP contribution in [0.2, 0.25) is 0 Å². The number of benzene rings is 1. The average molecular weight is 354 g/mol. The van der Waals surface area contributed by atoms with Crippen LogP contribution in [0.4, 0.5) is 0 Å². The summed E-state index contributed by atoms with van der Waals surface area (Å²) < 4.78 is 7.57. The lowest BCUT2D eigenvalue weighted by molar-refractivity contribution is -0.0654. The van der Waals surface area contributed by atoms with E-state index in [1.54, 1.807) is 0 Å². The van der Waals surface area contributed by atoms with Crippen molar-refractivity contribution in [2.45, 2.75) is 64.1 Å². The Morgan fingerprint density at radius 2 is 1.76 bits per heavy atom. The SMILES string of the molecule is CCCNCC1(OCc2ccc(Br)cc2)CCCCCC1. The molecule has 1 aliphatic rings. The van der Waals surface area contributed by atoms with Crippen molar-refractivity contribution in [2.24, 2.45) is 0 Å². The van der Waals surface area contributed by atoms with E-state index in [1.165, 1.54) is 50.5 Å². The van der Waals surface area contributed by atoms with E-state index >= 15 is 0 Å². The van der Waals surface area contributed by atoms with E-state index in [1.807, 2.05) is 0 Å². The van der Waals surface area contributed by atoms with Gasteiger partial charge in [-0.1, -0.05) is 60.7 Å². The predicted molar refractivity (Wildman–Crippen MR) is 92.5 cm³/mol. The fourth-order valence-electron chi connectivity index (χ4n) is 3.06. The molecule has 0 unspecified atom stereocenters. The van der Waals surface area contributed by atoms with Crippen LogP contribution in [-0.2, 0) is 11.3 Å². The molecule has 118 valence electrons. The third-order valence-electron chi connectivity index (χ3n) is 4.35. The molecule has 0 amide bonds. The Bertz CT molecular complexity index is 396. The van der Waals surface area contributed by atoms with Crippen LogP contribution in [0.3, 0.4) is 0 Å². The fraction of sp³-hybridized carbons (Fsp3) is 0.667. The number of ether oxygens (including phenoxy) is 1. The van der Waals surface area contributed by atoms with Crippen molar-refractivity contribution in [2.75, 3.05) is 13.1 Å². The number of hydrogen-bond donors (Lipinski definition) is 1. The van der Waals surface area contributed by atoms with Crippen molar-refractivity contribution in [1.82, 2.24) is 5.32 Å². The molecule has 0 radical (unpaired) electrons. The van der Waals surface area contributed by atoms with Crippen molar-refractivity contribution < 1.29 is 4.74 Å². The van der Waals surface area contributed by atoms with Crippen molar-refractivity contribution in [1.29, 1.82) is 0 Å². The monoisotopic (exact) mass is 353 g/mol. The van der Waals surface area contributed by atoms with Gasteiger partial charge >= 0.3 is 0 Å². The molecule has 1 aromatic rings. The first-order valence-electron chi connectivity index (χ1n) is 8.33. The molecule has 0 saturated heterocycles. The number of rotatable bonds is 7. The van der Waals surface area contributed by atoms with Gasteiger partial charge < -0.3 is 10.1 Å². The zero-order chi connectivity index (χ0) is 15.0. The topological polar surface area (TPSA) is 21.3 Å². The largest absolute Gasteiger partial charge is 0.369 e. The summed E-state index contributed by atoms with van der Waals surface area (Å²) in [7, 11) is 0. The van der Waals surface area contributed by atoms with Crippen LogP contribution in [0.1, 0.15) is 57.4 Å². The third kappa shape index (κ3) is 5.72. The zero-order valence-electron chi connectivity index (χ0n) is 13.2. The number of hydrogen-bond acceptors (Lipinski definition) is 2. The van der Waals surface area contributed by atoms with Crippen LogP contribution < -0.4 is 5.32 Å². The maximum Gasteiger partial charge on any atom is 0.0810 e. The molecule has 0 bridgehead atoms. The highest BCUT2D eigenvalue weighted by Crippen LogP contribution is 2.31. The molecule has 1 saturated carbocycles. The summed E-state index contributed by atoms with van der Waals surface area (Å²) in [5.74, 6) is 0. The van der Waals surface area contributed by atoms with Gasteiger partial charge in [-0.3, -0.25) is 0 Å². The van der Waals surface area contributed by atoms with Crippen LogP contribution in [0, 0.1) is 0 Å². The summed E-state index contributed by atoms with van der Waals surface area (Å²) >= 11 is 3.49. The highest BCUT2D eigenvalue weighted by molar-refractivity contribution is 9.10. The molecular formula is C18H28BrNO. The van der Waals surface area contributed by atoms with Crippen LogP contribution in [0.15, 0.2) is 28.7 Å². The first kappa shape index (κ1) is 17.0. The lowest BCUT2D eigenvalue weighted by atomic mass is 9.93. The van der Waals surface area contributed by atoms with E-state index in [0.29, 0.717) is 0 Å². The Labute approximate surface area is 137 Å². The van der Waals surface area contributed by atoms with Crippen LogP contribution >= 0.6 is 15.9 Å². The summed E-state index contributed by atoms with van der Waals surface area (Å²) in [6.45, 7) is 5.03. The van der Waals surface area contributed by atoms with Crippen molar-refractivity contribution in [3.8, 4) is 0 Å². The van der Waals surface area contributed by atoms with E-state index < -0.39 is 0 Å². The number of halogens is 1. The lowest BCUT2D eigenvalue weighted by Crippen LogP contribution is -2.43. The van der Waals surface area contributed by atoms with Gasteiger partial charge in [-0.2, -0.15) is 0 Å². The molecular weight excluding hydrogens is 326 g/mol. The minimum absolute atomic E-state index is 0.0404. The molecule has 0 spiro atoms. The molecule has 1 aromatic carbocycles. The van der Waals surface area contributed by atoms with Crippen LogP contribution in [0.25, 0.3) is 0 Å². The molecule has 21 heavy (non-hydrogen) atoms. The highest BCUT2D eigenvalue weighted by atomic mass is 79.9. The predicted octanol–water partition coefficient (Wildman–Crippen LogP) is 5.06. The van der Waals surface area contributed by atoms with E-state index in [0.717, 1.165) is 24.2 Å². The molecule has 0 heterocycles. The zero-order valence-corrected chi connectivity index (χ0v) is 14.8. The van der Waals surface area contributed by atoms with E-state index in [4.69, 9.17) is 4.74 Å². The molecule has 0 aliphatic heterocycles. The summed E-state index contributed by atoms with van der Waals surface area (Å²) in [5.41, 5.74) is 1.30.